The molecule has 28 heavy (non-hydrogen) atoms. The molecule has 0 aliphatic carbocycles. The number of benzene rings is 1. The lowest BCUT2D eigenvalue weighted by Gasteiger charge is -2.26. The molecule has 1 amide bonds. The minimum atomic E-state index is -0.0995. The number of nitrogens with one attached hydrogen (secondary N) is 1. The van der Waals surface area contributed by atoms with Gasteiger partial charge in [0.15, 0.2) is 0 Å². The van der Waals surface area contributed by atoms with E-state index in [1.807, 2.05) is 42.5 Å². The number of aromatic nitrogens is 1. The van der Waals surface area contributed by atoms with Gasteiger partial charge in [0.1, 0.15) is 11.5 Å². The predicted molar refractivity (Wildman–Crippen MR) is 108 cm³/mol. The van der Waals surface area contributed by atoms with Gasteiger partial charge in [-0.05, 0) is 49.8 Å². The van der Waals surface area contributed by atoms with E-state index in [9.17, 15) is 4.79 Å². The molecule has 1 aliphatic rings. The van der Waals surface area contributed by atoms with Crippen molar-refractivity contribution in [1.29, 1.82) is 0 Å². The van der Waals surface area contributed by atoms with Crippen molar-refractivity contribution in [3.8, 4) is 5.75 Å². The Hall–Kier alpha value is -3.21. The third kappa shape index (κ3) is 3.74. The minimum Gasteiger partial charge on any atom is -0.493 e. The fourth-order valence-corrected chi connectivity index (χ4v) is 3.68. The number of nitrogens with zero attached hydrogens (tertiary/aromatic N) is 1. The molecular weight excluding hydrogens is 352 g/mol. The Morgan fingerprint density at radius 2 is 2.11 bits per heavy atom. The van der Waals surface area contributed by atoms with E-state index in [1.165, 1.54) is 0 Å². The van der Waals surface area contributed by atoms with Gasteiger partial charge in [-0.1, -0.05) is 18.2 Å². The third-order valence-electron chi connectivity index (χ3n) is 5.20. The average molecular weight is 376 g/mol. The monoisotopic (exact) mass is 376 g/mol. The highest BCUT2D eigenvalue weighted by Crippen LogP contribution is 2.31. The molecule has 0 spiro atoms. The van der Waals surface area contributed by atoms with E-state index < -0.39 is 0 Å². The molecule has 0 fully saturated rings. The molecule has 5 heteroatoms. The number of fused-ring (bicyclic) bond motifs is 1. The van der Waals surface area contributed by atoms with Gasteiger partial charge in [0.25, 0.3) is 0 Å². The molecule has 1 unspecified atom stereocenters. The lowest BCUT2D eigenvalue weighted by molar-refractivity contribution is -0.117. The molecule has 1 aliphatic heterocycles. The van der Waals surface area contributed by atoms with Gasteiger partial charge in [-0.2, -0.15) is 0 Å². The molecule has 4 rings (SSSR count). The van der Waals surface area contributed by atoms with Gasteiger partial charge < -0.3 is 19.0 Å². The Bertz CT molecular complexity index is 999. The normalized spacial score (nSPS) is 16.0. The van der Waals surface area contributed by atoms with Crippen molar-refractivity contribution in [1.82, 2.24) is 9.88 Å². The second kappa shape index (κ2) is 7.80. The zero-order valence-electron chi connectivity index (χ0n) is 16.1. The molecule has 2 aromatic heterocycles. The first-order chi connectivity index (χ1) is 13.6. The summed E-state index contributed by atoms with van der Waals surface area (Å²) in [6.07, 6.45) is 5.94. The second-order valence-electron chi connectivity index (χ2n) is 7.06. The zero-order chi connectivity index (χ0) is 19.5. The van der Waals surface area contributed by atoms with Crippen LogP contribution >= 0.6 is 0 Å². The fraction of sp³-hybridized carbons (Fsp3) is 0.261. The first-order valence-electron chi connectivity index (χ1n) is 9.51. The molecule has 0 saturated heterocycles. The van der Waals surface area contributed by atoms with Crippen LogP contribution in [0.15, 0.2) is 59.2 Å². The quantitative estimate of drug-likeness (QED) is 0.672. The molecule has 0 radical (unpaired) electrons. The number of amides is 1. The van der Waals surface area contributed by atoms with E-state index in [1.54, 1.807) is 12.3 Å². The van der Waals surface area contributed by atoms with E-state index in [4.69, 9.17) is 9.15 Å². The van der Waals surface area contributed by atoms with Crippen LogP contribution in [0.2, 0.25) is 0 Å². The summed E-state index contributed by atoms with van der Waals surface area (Å²) in [5.74, 6) is 1.66. The Labute approximate surface area is 164 Å². The largest absolute Gasteiger partial charge is 0.493 e. The highest BCUT2D eigenvalue weighted by molar-refractivity contribution is 5.92. The molecule has 5 nitrogen and oxygen atoms in total. The Morgan fingerprint density at radius 3 is 2.93 bits per heavy atom. The molecule has 1 atom stereocenters. The van der Waals surface area contributed by atoms with Gasteiger partial charge in [-0.25, -0.2) is 0 Å². The predicted octanol–water partition coefficient (Wildman–Crippen LogP) is 4.40. The number of aryl methyl sites for hydroxylation is 1. The van der Waals surface area contributed by atoms with E-state index >= 15 is 0 Å². The number of rotatable bonds is 5. The summed E-state index contributed by atoms with van der Waals surface area (Å²) in [7, 11) is 0. The molecule has 1 aromatic carbocycles. The summed E-state index contributed by atoms with van der Waals surface area (Å²) >= 11 is 0. The van der Waals surface area contributed by atoms with Crippen LogP contribution in [0.3, 0.4) is 0 Å². The van der Waals surface area contributed by atoms with Gasteiger partial charge in [0, 0.05) is 29.4 Å². The number of furan rings is 1. The van der Waals surface area contributed by atoms with E-state index in [0.29, 0.717) is 13.2 Å². The van der Waals surface area contributed by atoms with Crippen LogP contribution in [0, 0.1) is 13.8 Å². The van der Waals surface area contributed by atoms with Crippen molar-refractivity contribution in [2.24, 2.45) is 0 Å². The average Bonchev–Trinajstić information content (AvgIpc) is 3.30. The maximum atomic E-state index is 12.5. The summed E-state index contributed by atoms with van der Waals surface area (Å²) in [5, 5.41) is 3.10. The summed E-state index contributed by atoms with van der Waals surface area (Å²) in [4.78, 5) is 12.5. The maximum absolute atomic E-state index is 12.5. The number of ether oxygens (including phenoxy) is 1. The highest BCUT2D eigenvalue weighted by atomic mass is 16.5. The van der Waals surface area contributed by atoms with Crippen molar-refractivity contribution in [3.63, 3.8) is 0 Å². The summed E-state index contributed by atoms with van der Waals surface area (Å²) in [5.41, 5.74) is 4.31. The van der Waals surface area contributed by atoms with Gasteiger partial charge >= 0.3 is 0 Å². The van der Waals surface area contributed by atoms with Gasteiger partial charge in [0.2, 0.25) is 5.91 Å². The minimum absolute atomic E-state index is 0.0199. The van der Waals surface area contributed by atoms with Crippen LogP contribution in [-0.2, 0) is 11.3 Å². The lowest BCUT2D eigenvalue weighted by Crippen LogP contribution is -2.30. The number of hydrogen-bond donors (Lipinski definition) is 1. The lowest BCUT2D eigenvalue weighted by atomic mass is 10.0. The van der Waals surface area contributed by atoms with Crippen molar-refractivity contribution >= 4 is 12.0 Å². The van der Waals surface area contributed by atoms with E-state index in [2.05, 4.69) is 29.8 Å². The summed E-state index contributed by atoms with van der Waals surface area (Å²) in [6.45, 7) is 5.41. The van der Waals surface area contributed by atoms with Crippen molar-refractivity contribution < 1.29 is 13.9 Å². The van der Waals surface area contributed by atoms with Crippen LogP contribution in [0.25, 0.3) is 6.08 Å². The Balaban J connectivity index is 1.45. The van der Waals surface area contributed by atoms with Gasteiger partial charge in [-0.15, -0.1) is 0 Å². The topological polar surface area (TPSA) is 56.4 Å². The second-order valence-corrected chi connectivity index (χ2v) is 7.06. The van der Waals surface area contributed by atoms with Crippen molar-refractivity contribution in [2.75, 3.05) is 6.61 Å². The first-order valence-corrected chi connectivity index (χ1v) is 9.51. The first kappa shape index (κ1) is 18.2. The van der Waals surface area contributed by atoms with Crippen LogP contribution in [0.5, 0.6) is 5.75 Å². The standard InChI is InChI=1S/C23H24N2O3/c1-16-14-18(17(2)25(16)15-19-6-5-12-27-19)9-10-23(26)24-21-11-13-28-22-8-4-3-7-20(21)22/h3-10,12,14,21H,11,13,15H2,1-2H3,(H,24,26). The number of carbonyl (C=O) groups excluding carboxylic acids is 1. The van der Waals surface area contributed by atoms with Crippen LogP contribution < -0.4 is 10.1 Å². The van der Waals surface area contributed by atoms with Gasteiger partial charge in [-0.3, -0.25) is 4.79 Å². The summed E-state index contributed by atoms with van der Waals surface area (Å²) in [6, 6.07) is 13.8. The van der Waals surface area contributed by atoms with E-state index in [-0.39, 0.29) is 11.9 Å². The Morgan fingerprint density at radius 1 is 1.25 bits per heavy atom. The number of hydrogen-bond acceptors (Lipinski definition) is 3. The number of carbonyl (C=O) groups is 1. The molecular formula is C23H24N2O3. The molecule has 3 heterocycles. The highest BCUT2D eigenvalue weighted by Gasteiger charge is 2.21. The smallest absolute Gasteiger partial charge is 0.244 e. The number of para-hydroxylation sites is 1. The molecule has 0 saturated carbocycles. The van der Waals surface area contributed by atoms with Crippen LogP contribution in [0.4, 0.5) is 0 Å². The van der Waals surface area contributed by atoms with Crippen LogP contribution in [0.1, 0.15) is 40.7 Å². The third-order valence-corrected chi connectivity index (χ3v) is 5.20. The molecule has 144 valence electrons. The SMILES string of the molecule is Cc1cc(C=CC(=O)NC2CCOc3ccccc32)c(C)n1Cc1ccco1. The van der Waals surface area contributed by atoms with Crippen molar-refractivity contribution in [3.05, 3.63) is 83.1 Å². The molecule has 1 N–H and O–H groups in total. The van der Waals surface area contributed by atoms with Crippen molar-refractivity contribution in [2.45, 2.75) is 32.9 Å². The molecule has 3 aromatic rings. The van der Waals surface area contributed by atoms with Gasteiger partial charge in [0.05, 0.1) is 25.5 Å². The van der Waals surface area contributed by atoms with Crippen LogP contribution in [-0.4, -0.2) is 17.1 Å². The summed E-state index contributed by atoms with van der Waals surface area (Å²) < 4.78 is 13.3. The van der Waals surface area contributed by atoms with E-state index in [0.717, 1.165) is 40.4 Å². The maximum Gasteiger partial charge on any atom is 0.244 e. The Kier molecular flexibility index (Phi) is 5.06. The fourth-order valence-electron chi connectivity index (χ4n) is 3.68. The zero-order valence-corrected chi connectivity index (χ0v) is 16.1. The molecule has 0 bridgehead atoms.